The predicted molar refractivity (Wildman–Crippen MR) is 128 cm³/mol. The van der Waals surface area contributed by atoms with Crippen LogP contribution in [0.3, 0.4) is 0 Å². The van der Waals surface area contributed by atoms with Gasteiger partial charge in [0, 0.05) is 43.2 Å². The van der Waals surface area contributed by atoms with Gasteiger partial charge in [-0.2, -0.15) is 0 Å². The predicted octanol–water partition coefficient (Wildman–Crippen LogP) is 4.93. The summed E-state index contributed by atoms with van der Waals surface area (Å²) in [5, 5.41) is 0.349. The number of ether oxygens (including phenoxy) is 1. The molecule has 0 aromatic carbocycles. The molecule has 32 heavy (non-hydrogen) atoms. The van der Waals surface area contributed by atoms with Gasteiger partial charge in [-0.05, 0) is 49.3 Å². The van der Waals surface area contributed by atoms with E-state index in [0.717, 1.165) is 87.8 Å². The molecule has 5 nitrogen and oxygen atoms in total. The summed E-state index contributed by atoms with van der Waals surface area (Å²) in [5.74, 6) is 0.908. The fourth-order valence-electron chi connectivity index (χ4n) is 5.68. The number of hydrogen-bond acceptors (Lipinski definition) is 4. The van der Waals surface area contributed by atoms with Crippen molar-refractivity contribution >= 4 is 22.8 Å². The Labute approximate surface area is 193 Å². The Morgan fingerprint density at radius 3 is 2.59 bits per heavy atom. The Hall–Kier alpha value is -1.79. The summed E-state index contributed by atoms with van der Waals surface area (Å²) in [6.45, 7) is 1.70. The maximum atomic E-state index is 13.2. The van der Waals surface area contributed by atoms with Gasteiger partial charge in [-0.15, -0.1) is 0 Å². The zero-order valence-corrected chi connectivity index (χ0v) is 19.7. The largest absolute Gasteiger partial charge is 0.485 e. The lowest BCUT2D eigenvalue weighted by Crippen LogP contribution is -2.49. The van der Waals surface area contributed by atoms with E-state index in [0.29, 0.717) is 5.25 Å². The van der Waals surface area contributed by atoms with E-state index < -0.39 is 11.0 Å². The van der Waals surface area contributed by atoms with Crippen molar-refractivity contribution in [2.45, 2.75) is 87.9 Å². The van der Waals surface area contributed by atoms with E-state index in [1.165, 1.54) is 36.8 Å². The molecule has 1 unspecified atom stereocenters. The minimum absolute atomic E-state index is 0.171. The number of nitrogens with zero attached hydrogens (tertiary/aromatic N) is 2. The molecule has 6 heteroatoms. The van der Waals surface area contributed by atoms with Crippen LogP contribution in [-0.2, 0) is 22.2 Å². The fraction of sp³-hybridized carbons (Fsp3) is 0.615. The molecule has 0 N–H and O–H groups in total. The van der Waals surface area contributed by atoms with Crippen molar-refractivity contribution in [2.24, 2.45) is 0 Å². The fourth-order valence-corrected chi connectivity index (χ4v) is 7.38. The smallest absolute Gasteiger partial charge is 0.146 e. The maximum Gasteiger partial charge on any atom is 0.146 e. The van der Waals surface area contributed by atoms with E-state index in [2.05, 4.69) is 21.4 Å². The number of fused-ring (bicyclic) bond motifs is 1. The van der Waals surface area contributed by atoms with Crippen molar-refractivity contribution in [3.63, 3.8) is 0 Å². The number of carbonyl (C=O) groups excluding carboxylic acids is 1. The van der Waals surface area contributed by atoms with Crippen LogP contribution in [0.4, 0.5) is 0 Å². The molecule has 1 spiro atoms. The second kappa shape index (κ2) is 9.60. The van der Waals surface area contributed by atoms with E-state index >= 15 is 0 Å². The van der Waals surface area contributed by atoms with Gasteiger partial charge in [0.25, 0.3) is 0 Å². The van der Waals surface area contributed by atoms with Crippen LogP contribution in [0.2, 0.25) is 0 Å². The van der Waals surface area contributed by atoms with Crippen molar-refractivity contribution in [1.82, 2.24) is 9.29 Å². The molecule has 2 aliphatic heterocycles. The van der Waals surface area contributed by atoms with Crippen molar-refractivity contribution in [3.05, 3.63) is 41.2 Å². The third-order valence-corrected chi connectivity index (χ3v) is 9.57. The van der Waals surface area contributed by atoms with E-state index in [1.807, 2.05) is 12.3 Å². The first kappa shape index (κ1) is 22.0. The number of pyridine rings is 1. The van der Waals surface area contributed by atoms with Crippen molar-refractivity contribution < 1.29 is 13.7 Å². The summed E-state index contributed by atoms with van der Waals surface area (Å²) < 4.78 is 21.9. The molecule has 1 saturated carbocycles. The van der Waals surface area contributed by atoms with Crippen LogP contribution in [0.1, 0.15) is 81.9 Å². The maximum absolute atomic E-state index is 13.2. The highest BCUT2D eigenvalue weighted by Gasteiger charge is 2.43. The minimum atomic E-state index is -0.856. The number of allylic oxidation sites excluding steroid dienone is 4. The molecule has 1 atom stereocenters. The number of rotatable bonds is 4. The van der Waals surface area contributed by atoms with E-state index in [-0.39, 0.29) is 5.60 Å². The molecule has 1 saturated heterocycles. The first-order valence-electron chi connectivity index (χ1n) is 12.3. The first-order valence-corrected chi connectivity index (χ1v) is 13.5. The van der Waals surface area contributed by atoms with Gasteiger partial charge in [-0.25, -0.2) is 8.51 Å². The summed E-state index contributed by atoms with van der Waals surface area (Å²) in [7, 11) is -0.856. The second-order valence-electron chi connectivity index (χ2n) is 9.86. The molecule has 0 amide bonds. The van der Waals surface area contributed by atoms with Crippen LogP contribution < -0.4 is 4.74 Å². The number of aldehydes is 1. The number of piperidine rings is 1. The molecule has 2 aliphatic carbocycles. The monoisotopic (exact) mass is 454 g/mol. The summed E-state index contributed by atoms with van der Waals surface area (Å²) in [6.07, 6.45) is 19.6. The molecule has 5 rings (SSSR count). The van der Waals surface area contributed by atoms with Crippen molar-refractivity contribution in [1.29, 1.82) is 0 Å². The van der Waals surface area contributed by atoms with E-state index in [4.69, 9.17) is 4.74 Å². The lowest BCUT2D eigenvalue weighted by atomic mass is 9.87. The van der Waals surface area contributed by atoms with Gasteiger partial charge in [0.2, 0.25) is 0 Å². The molecule has 1 aromatic heterocycles. The summed E-state index contributed by atoms with van der Waals surface area (Å²) in [4.78, 5) is 15.8. The zero-order chi connectivity index (χ0) is 22.0. The second-order valence-corrected chi connectivity index (χ2v) is 11.6. The number of hydrogen-bond donors (Lipinski definition) is 0. The Balaban J connectivity index is 1.24. The zero-order valence-electron chi connectivity index (χ0n) is 18.9. The summed E-state index contributed by atoms with van der Waals surface area (Å²) in [6, 6.07) is 2.19. The van der Waals surface area contributed by atoms with Crippen LogP contribution in [0.25, 0.3) is 5.57 Å². The van der Waals surface area contributed by atoms with Gasteiger partial charge in [0.15, 0.2) is 0 Å². The average Bonchev–Trinajstić information content (AvgIpc) is 3.03. The highest BCUT2D eigenvalue weighted by molar-refractivity contribution is 7.83. The van der Waals surface area contributed by atoms with Crippen LogP contribution in [-0.4, -0.2) is 43.7 Å². The minimum Gasteiger partial charge on any atom is -0.485 e. The molecule has 172 valence electrons. The van der Waals surface area contributed by atoms with Gasteiger partial charge >= 0.3 is 0 Å². The molecule has 0 radical (unpaired) electrons. The average molecular weight is 455 g/mol. The lowest BCUT2D eigenvalue weighted by Gasteiger charge is -2.39. The third kappa shape index (κ3) is 4.62. The standard InChI is InChI=1S/C26H34N2O3S/c29-19-20-6-5-7-21(11-10-20)24-16-22-17-26(31-25(22)18-27-24)12-14-28(15-13-26)32(30)23-8-3-1-2-4-9-23/h10-11,16,18-19,23H,1-9,12-15,17H2. The number of aromatic nitrogens is 1. The van der Waals surface area contributed by atoms with Gasteiger partial charge < -0.3 is 4.74 Å². The Kier molecular flexibility index (Phi) is 6.61. The quantitative estimate of drug-likeness (QED) is 0.478. The van der Waals surface area contributed by atoms with Crippen LogP contribution in [0, 0.1) is 0 Å². The van der Waals surface area contributed by atoms with Gasteiger partial charge in [0.05, 0.1) is 22.9 Å². The van der Waals surface area contributed by atoms with Crippen LogP contribution in [0.5, 0.6) is 5.75 Å². The normalized spacial score (nSPS) is 25.1. The molecule has 0 bridgehead atoms. The molecular formula is C26H34N2O3S. The first-order chi connectivity index (χ1) is 15.7. The molecule has 4 aliphatic rings. The molecule has 3 heterocycles. The number of carbonyl (C=O) groups is 1. The van der Waals surface area contributed by atoms with Gasteiger partial charge in [-0.1, -0.05) is 37.8 Å². The topological polar surface area (TPSA) is 59.5 Å². The Bertz CT molecular complexity index is 938. The summed E-state index contributed by atoms with van der Waals surface area (Å²) in [5.41, 5.74) is 4.11. The Morgan fingerprint density at radius 2 is 1.84 bits per heavy atom. The third-order valence-electron chi connectivity index (χ3n) is 7.65. The summed E-state index contributed by atoms with van der Waals surface area (Å²) >= 11 is 0. The molecular weight excluding hydrogens is 420 g/mol. The highest BCUT2D eigenvalue weighted by atomic mass is 32.2. The van der Waals surface area contributed by atoms with Crippen LogP contribution >= 0.6 is 0 Å². The molecule has 1 aromatic rings. The van der Waals surface area contributed by atoms with E-state index in [9.17, 15) is 9.00 Å². The van der Waals surface area contributed by atoms with Crippen LogP contribution in [0.15, 0.2) is 30.0 Å². The lowest BCUT2D eigenvalue weighted by molar-refractivity contribution is -0.105. The van der Waals surface area contributed by atoms with Gasteiger partial charge in [0.1, 0.15) is 17.6 Å². The van der Waals surface area contributed by atoms with Crippen molar-refractivity contribution in [3.8, 4) is 5.75 Å². The van der Waals surface area contributed by atoms with Crippen molar-refractivity contribution in [2.75, 3.05) is 13.1 Å². The Morgan fingerprint density at radius 1 is 1.06 bits per heavy atom. The molecule has 2 fully saturated rings. The van der Waals surface area contributed by atoms with Gasteiger partial charge in [-0.3, -0.25) is 9.78 Å². The van der Waals surface area contributed by atoms with E-state index in [1.54, 1.807) is 0 Å². The highest BCUT2D eigenvalue weighted by Crippen LogP contribution is 2.42. The SMILES string of the molecule is O=CC1=CC=C(c2cc3c(cn2)OC2(CCN(S(=O)C4CCCCCC4)CC2)C3)CCC1.